The maximum atomic E-state index is 12.9. The minimum absolute atomic E-state index is 0.0577. The average molecular weight is 259 g/mol. The van der Waals surface area contributed by atoms with Crippen molar-refractivity contribution < 1.29 is 17.6 Å². The highest BCUT2D eigenvalue weighted by atomic mass is 19.4. The van der Waals surface area contributed by atoms with Gasteiger partial charge in [-0.1, -0.05) is 0 Å². The zero-order valence-electron chi connectivity index (χ0n) is 9.29. The molecule has 0 aliphatic rings. The van der Waals surface area contributed by atoms with Crippen LogP contribution in [-0.2, 0) is 13.2 Å². The topological polar surface area (TPSA) is 43.8 Å². The maximum Gasteiger partial charge on any atom is 0.417 e. The first-order valence-corrected chi connectivity index (χ1v) is 4.95. The number of aromatic nitrogens is 2. The van der Waals surface area contributed by atoms with Crippen LogP contribution < -0.4 is 5.73 Å². The minimum atomic E-state index is -4.65. The molecule has 18 heavy (non-hydrogen) atoms. The van der Waals surface area contributed by atoms with E-state index in [0.717, 1.165) is 12.1 Å². The van der Waals surface area contributed by atoms with Crippen molar-refractivity contribution in [2.75, 3.05) is 5.73 Å². The third-order valence-corrected chi connectivity index (χ3v) is 2.48. The third-order valence-electron chi connectivity index (χ3n) is 2.48. The Balaban J connectivity index is 2.64. The molecule has 0 radical (unpaired) electrons. The fourth-order valence-electron chi connectivity index (χ4n) is 1.59. The van der Waals surface area contributed by atoms with Crippen LogP contribution in [0.2, 0.25) is 0 Å². The number of nitrogens with zero attached hydrogens (tertiary/aromatic N) is 2. The first kappa shape index (κ1) is 12.4. The van der Waals surface area contributed by atoms with Crippen molar-refractivity contribution in [1.82, 2.24) is 9.78 Å². The summed E-state index contributed by atoms with van der Waals surface area (Å²) in [5.41, 5.74) is 4.30. The molecular weight excluding hydrogens is 250 g/mol. The van der Waals surface area contributed by atoms with E-state index in [2.05, 4.69) is 5.10 Å². The zero-order chi connectivity index (χ0) is 13.5. The fraction of sp³-hybridized carbons (Fsp3) is 0.182. The van der Waals surface area contributed by atoms with Gasteiger partial charge in [0, 0.05) is 18.7 Å². The van der Waals surface area contributed by atoms with Crippen LogP contribution in [0.5, 0.6) is 0 Å². The predicted molar refractivity (Wildman–Crippen MR) is 58.0 cm³/mol. The Morgan fingerprint density at radius 1 is 1.22 bits per heavy atom. The Bertz CT molecular complexity index is 567. The van der Waals surface area contributed by atoms with E-state index in [1.807, 2.05) is 0 Å². The van der Waals surface area contributed by atoms with Crippen molar-refractivity contribution in [1.29, 1.82) is 0 Å². The summed E-state index contributed by atoms with van der Waals surface area (Å²) in [4.78, 5) is 0. The Morgan fingerprint density at radius 2 is 1.89 bits per heavy atom. The smallest absolute Gasteiger partial charge is 0.384 e. The molecule has 2 aromatic rings. The molecule has 2 N–H and O–H groups in total. The summed E-state index contributed by atoms with van der Waals surface area (Å²) >= 11 is 0. The number of anilines is 1. The van der Waals surface area contributed by atoms with Gasteiger partial charge in [0.1, 0.15) is 11.6 Å². The lowest BCUT2D eigenvalue weighted by atomic mass is 10.0. The standard InChI is InChI=1S/C11H9F4N3/c1-18-10(16)5-9(17-18)7-3-2-6(12)4-8(7)11(13,14)15/h2-5H,16H2,1H3. The lowest BCUT2D eigenvalue weighted by molar-refractivity contribution is -0.137. The van der Waals surface area contributed by atoms with E-state index in [0.29, 0.717) is 6.07 Å². The third kappa shape index (κ3) is 2.15. The van der Waals surface area contributed by atoms with Gasteiger partial charge in [0.2, 0.25) is 0 Å². The normalized spacial score (nSPS) is 11.8. The summed E-state index contributed by atoms with van der Waals surface area (Å²) < 4.78 is 52.5. The van der Waals surface area contributed by atoms with Gasteiger partial charge >= 0.3 is 6.18 Å². The number of alkyl halides is 3. The fourth-order valence-corrected chi connectivity index (χ4v) is 1.59. The van der Waals surface area contributed by atoms with Crippen LogP contribution in [0.3, 0.4) is 0 Å². The molecule has 1 heterocycles. The number of hydrogen-bond donors (Lipinski definition) is 1. The Kier molecular flexibility index (Phi) is 2.76. The summed E-state index contributed by atoms with van der Waals surface area (Å²) in [5, 5.41) is 3.85. The quantitative estimate of drug-likeness (QED) is 0.800. The first-order valence-electron chi connectivity index (χ1n) is 4.95. The van der Waals surface area contributed by atoms with E-state index in [1.54, 1.807) is 0 Å². The van der Waals surface area contributed by atoms with E-state index >= 15 is 0 Å². The number of hydrogen-bond acceptors (Lipinski definition) is 2. The molecule has 0 saturated heterocycles. The van der Waals surface area contributed by atoms with E-state index in [1.165, 1.54) is 17.8 Å². The van der Waals surface area contributed by atoms with E-state index in [9.17, 15) is 17.6 Å². The summed E-state index contributed by atoms with van der Waals surface area (Å²) in [6.07, 6.45) is -4.65. The highest BCUT2D eigenvalue weighted by Gasteiger charge is 2.34. The average Bonchev–Trinajstić information content (AvgIpc) is 2.57. The molecule has 3 nitrogen and oxygen atoms in total. The second-order valence-corrected chi connectivity index (χ2v) is 3.77. The van der Waals surface area contributed by atoms with Crippen LogP contribution >= 0.6 is 0 Å². The lowest BCUT2D eigenvalue weighted by Crippen LogP contribution is -2.08. The summed E-state index contributed by atoms with van der Waals surface area (Å²) in [6, 6.07) is 3.75. The molecule has 0 aliphatic carbocycles. The predicted octanol–water partition coefficient (Wildman–Crippen LogP) is 2.83. The van der Waals surface area contributed by atoms with Gasteiger partial charge in [-0.05, 0) is 18.2 Å². The van der Waals surface area contributed by atoms with Gasteiger partial charge < -0.3 is 5.73 Å². The second-order valence-electron chi connectivity index (χ2n) is 3.77. The molecule has 0 atom stereocenters. The zero-order valence-corrected chi connectivity index (χ0v) is 9.29. The molecule has 2 rings (SSSR count). The van der Waals surface area contributed by atoms with Crippen LogP contribution in [0.25, 0.3) is 11.3 Å². The second kappa shape index (κ2) is 4.01. The van der Waals surface area contributed by atoms with Gasteiger partial charge in [-0.2, -0.15) is 18.3 Å². The van der Waals surface area contributed by atoms with Gasteiger partial charge in [-0.3, -0.25) is 4.68 Å². The Morgan fingerprint density at radius 3 is 2.39 bits per heavy atom. The molecular formula is C11H9F4N3. The number of aryl methyl sites for hydroxylation is 1. The van der Waals surface area contributed by atoms with Gasteiger partial charge in [-0.25, -0.2) is 4.39 Å². The highest BCUT2D eigenvalue weighted by Crippen LogP contribution is 2.37. The van der Waals surface area contributed by atoms with Gasteiger partial charge in [0.05, 0.1) is 11.3 Å². The van der Waals surface area contributed by atoms with Gasteiger partial charge in [0.25, 0.3) is 0 Å². The van der Waals surface area contributed by atoms with Crippen LogP contribution in [0, 0.1) is 5.82 Å². The summed E-state index contributed by atoms with van der Waals surface area (Å²) in [6.45, 7) is 0. The summed E-state index contributed by atoms with van der Waals surface area (Å²) in [5.74, 6) is -0.725. The molecule has 0 saturated carbocycles. The largest absolute Gasteiger partial charge is 0.417 e. The highest BCUT2D eigenvalue weighted by molar-refractivity contribution is 5.66. The van der Waals surface area contributed by atoms with Crippen LogP contribution in [0.4, 0.5) is 23.4 Å². The number of nitrogen functional groups attached to an aromatic ring is 1. The number of nitrogens with two attached hydrogens (primary N) is 1. The Hall–Kier alpha value is -2.05. The number of benzene rings is 1. The molecule has 96 valence electrons. The molecule has 0 aliphatic heterocycles. The molecule has 0 spiro atoms. The molecule has 1 aromatic heterocycles. The molecule has 0 unspecified atom stereocenters. The van der Waals surface area contributed by atoms with Crippen molar-refractivity contribution >= 4 is 5.82 Å². The lowest BCUT2D eigenvalue weighted by Gasteiger charge is -2.11. The summed E-state index contributed by atoms with van der Waals surface area (Å²) in [7, 11) is 1.51. The molecule has 0 fully saturated rings. The van der Waals surface area contributed by atoms with Crippen molar-refractivity contribution in [3.63, 3.8) is 0 Å². The van der Waals surface area contributed by atoms with Crippen molar-refractivity contribution in [3.8, 4) is 11.3 Å². The van der Waals surface area contributed by atoms with Crippen molar-refractivity contribution in [3.05, 3.63) is 35.6 Å². The molecule has 0 amide bonds. The van der Waals surface area contributed by atoms with E-state index in [4.69, 9.17) is 5.73 Å². The Labute approximate surface area is 99.8 Å². The van der Waals surface area contributed by atoms with E-state index < -0.39 is 17.6 Å². The minimum Gasteiger partial charge on any atom is -0.384 e. The van der Waals surface area contributed by atoms with Crippen LogP contribution in [0.1, 0.15) is 5.56 Å². The molecule has 7 heteroatoms. The number of halogens is 4. The molecule has 1 aromatic carbocycles. The number of rotatable bonds is 1. The maximum absolute atomic E-state index is 12.9. The van der Waals surface area contributed by atoms with Gasteiger partial charge in [-0.15, -0.1) is 0 Å². The first-order chi connectivity index (χ1) is 8.29. The SMILES string of the molecule is Cn1nc(-c2ccc(F)cc2C(F)(F)F)cc1N. The van der Waals surface area contributed by atoms with Crippen LogP contribution in [-0.4, -0.2) is 9.78 Å². The monoisotopic (exact) mass is 259 g/mol. The van der Waals surface area contributed by atoms with Gasteiger partial charge in [0.15, 0.2) is 0 Å². The van der Waals surface area contributed by atoms with E-state index in [-0.39, 0.29) is 17.1 Å². The van der Waals surface area contributed by atoms with Crippen LogP contribution in [0.15, 0.2) is 24.3 Å². The van der Waals surface area contributed by atoms with Crippen molar-refractivity contribution in [2.24, 2.45) is 7.05 Å². The molecule has 0 bridgehead atoms. The van der Waals surface area contributed by atoms with Crippen molar-refractivity contribution in [2.45, 2.75) is 6.18 Å².